The van der Waals surface area contributed by atoms with Crippen LogP contribution in [-0.4, -0.2) is 33.4 Å². The van der Waals surface area contributed by atoms with Crippen molar-refractivity contribution in [2.24, 2.45) is 0 Å². The molecule has 1 aliphatic rings. The van der Waals surface area contributed by atoms with Crippen molar-refractivity contribution in [3.63, 3.8) is 0 Å². The fourth-order valence-electron chi connectivity index (χ4n) is 2.63. The van der Waals surface area contributed by atoms with Gasteiger partial charge in [-0.3, -0.25) is 4.79 Å². The van der Waals surface area contributed by atoms with Gasteiger partial charge < -0.3 is 14.5 Å². The number of carbonyl (C=O) groups excluding carboxylic acids is 1. The molecular formula is C14H14N4OS. The minimum absolute atomic E-state index is 0.0851. The normalized spacial score (nSPS) is 14.7. The third kappa shape index (κ3) is 2.10. The molecule has 102 valence electrons. The van der Waals surface area contributed by atoms with Gasteiger partial charge in [0, 0.05) is 13.1 Å². The van der Waals surface area contributed by atoms with Gasteiger partial charge in [0.1, 0.15) is 12.6 Å². The monoisotopic (exact) mass is 286 g/mol. The molecule has 0 bridgehead atoms. The first-order valence-corrected chi connectivity index (χ1v) is 7.01. The maximum atomic E-state index is 12.2. The van der Waals surface area contributed by atoms with Crippen molar-refractivity contribution in [1.82, 2.24) is 14.5 Å². The number of aromatic nitrogens is 2. The van der Waals surface area contributed by atoms with Crippen molar-refractivity contribution in [2.45, 2.75) is 19.4 Å². The molecule has 0 saturated carbocycles. The van der Waals surface area contributed by atoms with Crippen LogP contribution < -0.4 is 0 Å². The van der Waals surface area contributed by atoms with Crippen LogP contribution in [0.4, 0.5) is 0 Å². The Morgan fingerprint density at radius 3 is 2.85 bits per heavy atom. The zero-order chi connectivity index (χ0) is 14.1. The first-order valence-electron chi connectivity index (χ1n) is 6.60. The Morgan fingerprint density at radius 2 is 2.15 bits per heavy atom. The number of hydrogen-bond acceptors (Lipinski definition) is 3. The van der Waals surface area contributed by atoms with Gasteiger partial charge >= 0.3 is 0 Å². The van der Waals surface area contributed by atoms with Gasteiger partial charge in [-0.1, -0.05) is 6.07 Å². The quantitative estimate of drug-likeness (QED) is 0.861. The summed E-state index contributed by atoms with van der Waals surface area (Å²) in [5, 5.41) is 9.10. The summed E-state index contributed by atoms with van der Waals surface area (Å²) >= 11 is 5.28. The topological polar surface area (TPSA) is 64.8 Å². The molecule has 0 unspecified atom stereocenters. The number of para-hydroxylation sites is 1. The first kappa shape index (κ1) is 12.9. The van der Waals surface area contributed by atoms with Crippen LogP contribution in [0.25, 0.3) is 11.0 Å². The smallest absolute Gasteiger partial charge is 0.242 e. The molecular weight excluding hydrogens is 272 g/mol. The molecule has 0 spiro atoms. The van der Waals surface area contributed by atoms with E-state index in [4.69, 9.17) is 17.5 Å². The highest BCUT2D eigenvalue weighted by molar-refractivity contribution is 7.71. The molecule has 1 aromatic heterocycles. The van der Waals surface area contributed by atoms with Crippen molar-refractivity contribution in [3.8, 4) is 6.07 Å². The van der Waals surface area contributed by atoms with Gasteiger partial charge in [0.2, 0.25) is 5.91 Å². The summed E-state index contributed by atoms with van der Waals surface area (Å²) in [4.78, 5) is 17.1. The van der Waals surface area contributed by atoms with Crippen LogP contribution in [0.1, 0.15) is 18.4 Å². The zero-order valence-electron chi connectivity index (χ0n) is 10.9. The van der Waals surface area contributed by atoms with E-state index in [1.54, 1.807) is 16.7 Å². The highest BCUT2D eigenvalue weighted by Crippen LogP contribution is 2.18. The maximum Gasteiger partial charge on any atom is 0.242 e. The number of nitriles is 1. The van der Waals surface area contributed by atoms with Crippen molar-refractivity contribution in [2.75, 3.05) is 13.1 Å². The predicted molar refractivity (Wildman–Crippen MR) is 77.7 cm³/mol. The number of amides is 1. The molecule has 3 rings (SSSR count). The van der Waals surface area contributed by atoms with Crippen LogP contribution in [0, 0.1) is 16.1 Å². The van der Waals surface area contributed by atoms with Gasteiger partial charge in [0.05, 0.1) is 16.6 Å². The molecule has 2 heterocycles. The van der Waals surface area contributed by atoms with E-state index < -0.39 is 0 Å². The van der Waals surface area contributed by atoms with E-state index in [1.165, 1.54) is 0 Å². The molecule has 20 heavy (non-hydrogen) atoms. The average molecular weight is 286 g/mol. The van der Waals surface area contributed by atoms with Crippen LogP contribution in [0.2, 0.25) is 0 Å². The average Bonchev–Trinajstić information content (AvgIpc) is 3.07. The number of likely N-dealkylation sites (tertiary alicyclic amines) is 1. The fraction of sp³-hybridized carbons (Fsp3) is 0.357. The Balaban J connectivity index is 1.99. The van der Waals surface area contributed by atoms with Crippen molar-refractivity contribution in [1.29, 1.82) is 5.26 Å². The number of nitrogens with zero attached hydrogens (tertiary/aromatic N) is 3. The number of H-pyrrole nitrogens is 1. The molecule has 1 fully saturated rings. The Morgan fingerprint density at radius 1 is 1.40 bits per heavy atom. The second-order valence-corrected chi connectivity index (χ2v) is 5.30. The van der Waals surface area contributed by atoms with Crippen LogP contribution in [0.15, 0.2) is 18.2 Å². The summed E-state index contributed by atoms with van der Waals surface area (Å²) in [5.41, 5.74) is 2.05. The Bertz CT molecular complexity index is 762. The fourth-order valence-corrected chi connectivity index (χ4v) is 2.90. The van der Waals surface area contributed by atoms with Gasteiger partial charge in [-0.25, -0.2) is 0 Å². The number of carbonyl (C=O) groups is 1. The molecule has 1 aliphatic heterocycles. The highest BCUT2D eigenvalue weighted by atomic mass is 32.1. The van der Waals surface area contributed by atoms with E-state index in [9.17, 15) is 4.79 Å². The van der Waals surface area contributed by atoms with Gasteiger partial charge in [-0.05, 0) is 37.2 Å². The molecule has 1 aromatic carbocycles. The molecule has 1 amide bonds. The second-order valence-electron chi connectivity index (χ2n) is 4.92. The van der Waals surface area contributed by atoms with E-state index in [-0.39, 0.29) is 12.5 Å². The number of benzene rings is 1. The van der Waals surface area contributed by atoms with E-state index in [1.807, 2.05) is 11.0 Å². The molecule has 5 nitrogen and oxygen atoms in total. The summed E-state index contributed by atoms with van der Waals surface area (Å²) in [7, 11) is 0. The van der Waals surface area contributed by atoms with Crippen molar-refractivity contribution in [3.05, 3.63) is 28.5 Å². The standard InChI is InChI=1S/C14H14N4OS/c15-8-10-4-3-5-11-13(10)16-14(20)18(11)9-12(19)17-6-1-2-7-17/h3-5H,1-2,6-7,9H2,(H,16,20). The third-order valence-electron chi connectivity index (χ3n) is 3.68. The van der Waals surface area contributed by atoms with E-state index in [0.29, 0.717) is 15.9 Å². The van der Waals surface area contributed by atoms with Crippen molar-refractivity contribution >= 4 is 29.2 Å². The molecule has 2 aromatic rings. The Hall–Kier alpha value is -2.13. The largest absolute Gasteiger partial charge is 0.341 e. The minimum atomic E-state index is 0.0851. The van der Waals surface area contributed by atoms with Gasteiger partial charge in [-0.2, -0.15) is 5.26 Å². The zero-order valence-corrected chi connectivity index (χ0v) is 11.7. The Kier molecular flexibility index (Phi) is 3.28. The molecule has 0 atom stereocenters. The molecule has 1 saturated heterocycles. The first-order chi connectivity index (χ1) is 9.70. The molecule has 0 aliphatic carbocycles. The van der Waals surface area contributed by atoms with Crippen LogP contribution >= 0.6 is 12.2 Å². The van der Waals surface area contributed by atoms with Crippen molar-refractivity contribution < 1.29 is 4.79 Å². The molecule has 0 radical (unpaired) electrons. The minimum Gasteiger partial charge on any atom is -0.341 e. The Labute approximate surface area is 121 Å². The van der Waals surface area contributed by atoms with E-state index in [2.05, 4.69) is 11.1 Å². The second kappa shape index (κ2) is 5.10. The highest BCUT2D eigenvalue weighted by Gasteiger charge is 2.19. The van der Waals surface area contributed by atoms with Crippen LogP contribution in [0.5, 0.6) is 0 Å². The summed E-state index contributed by atoms with van der Waals surface area (Å²) in [6, 6.07) is 7.55. The molecule has 6 heteroatoms. The maximum absolute atomic E-state index is 12.2. The number of imidazole rings is 1. The number of aromatic amines is 1. The summed E-state index contributed by atoms with van der Waals surface area (Å²) in [5.74, 6) is 0.0851. The molecule has 1 N–H and O–H groups in total. The lowest BCUT2D eigenvalue weighted by Crippen LogP contribution is -2.31. The summed E-state index contributed by atoms with van der Waals surface area (Å²) in [6.45, 7) is 1.89. The van der Waals surface area contributed by atoms with Gasteiger partial charge in [-0.15, -0.1) is 0 Å². The van der Waals surface area contributed by atoms with Crippen LogP contribution in [0.3, 0.4) is 0 Å². The predicted octanol–water partition coefficient (Wildman–Crippen LogP) is 2.19. The SMILES string of the molecule is N#Cc1cccc2c1[nH]c(=S)n2CC(=O)N1CCCC1. The lowest BCUT2D eigenvalue weighted by atomic mass is 10.2. The number of fused-ring (bicyclic) bond motifs is 1. The summed E-state index contributed by atoms with van der Waals surface area (Å²) < 4.78 is 2.25. The number of nitrogens with one attached hydrogen (secondary N) is 1. The lowest BCUT2D eigenvalue weighted by Gasteiger charge is -2.15. The van der Waals surface area contributed by atoms with Crippen LogP contribution in [-0.2, 0) is 11.3 Å². The lowest BCUT2D eigenvalue weighted by molar-refractivity contribution is -0.130. The third-order valence-corrected chi connectivity index (χ3v) is 4.01. The summed E-state index contributed by atoms with van der Waals surface area (Å²) in [6.07, 6.45) is 2.15. The number of hydrogen-bond donors (Lipinski definition) is 1. The number of rotatable bonds is 2. The van der Waals surface area contributed by atoms with Gasteiger partial charge in [0.25, 0.3) is 0 Å². The van der Waals surface area contributed by atoms with E-state index in [0.717, 1.165) is 31.4 Å². The van der Waals surface area contributed by atoms with E-state index >= 15 is 0 Å². The van der Waals surface area contributed by atoms with Gasteiger partial charge in [0.15, 0.2) is 4.77 Å².